The standard InChI is InChI=1S/C19H28N6O5/c1-19(2)29-13-11(6-21-10-4-9(5-10)18(26)27-3)28-17(14(13)30-19)25-8-24-12-15(20)22-7-23-16(12)25/h7-11,13-14,17-18,21,26H,4-6H2,1-3H3,(H2,20,22,23). The van der Waals surface area contributed by atoms with E-state index in [9.17, 15) is 5.11 Å². The largest absolute Gasteiger partial charge is 0.382 e. The summed E-state index contributed by atoms with van der Waals surface area (Å²) in [4.78, 5) is 12.7. The molecule has 2 aliphatic heterocycles. The van der Waals surface area contributed by atoms with Gasteiger partial charge in [0.1, 0.15) is 30.2 Å². The fourth-order valence-electron chi connectivity index (χ4n) is 4.64. The Morgan fingerprint density at radius 2 is 2.07 bits per heavy atom. The third-order valence-electron chi connectivity index (χ3n) is 6.21. The quantitative estimate of drug-likeness (QED) is 0.554. The molecular formula is C19H28N6O5. The Morgan fingerprint density at radius 3 is 2.83 bits per heavy atom. The number of imidazole rings is 1. The summed E-state index contributed by atoms with van der Waals surface area (Å²) in [5.41, 5.74) is 7.07. The lowest BCUT2D eigenvalue weighted by Crippen LogP contribution is -2.49. The minimum Gasteiger partial charge on any atom is -0.382 e. The van der Waals surface area contributed by atoms with E-state index < -0.39 is 18.3 Å². The predicted molar refractivity (Wildman–Crippen MR) is 105 cm³/mol. The highest BCUT2D eigenvalue weighted by Crippen LogP contribution is 2.44. The van der Waals surface area contributed by atoms with Crippen LogP contribution >= 0.6 is 0 Å². The molecule has 11 heteroatoms. The van der Waals surface area contributed by atoms with E-state index in [0.29, 0.717) is 29.6 Å². The first-order valence-electron chi connectivity index (χ1n) is 10.2. The molecule has 164 valence electrons. The maximum atomic E-state index is 9.76. The van der Waals surface area contributed by atoms with Crippen LogP contribution in [0.1, 0.15) is 32.9 Å². The summed E-state index contributed by atoms with van der Waals surface area (Å²) in [7, 11) is 1.52. The van der Waals surface area contributed by atoms with Crippen molar-refractivity contribution in [1.82, 2.24) is 24.8 Å². The molecule has 2 aromatic rings. The van der Waals surface area contributed by atoms with Gasteiger partial charge in [0.05, 0.1) is 6.33 Å². The van der Waals surface area contributed by atoms with Crippen molar-refractivity contribution >= 4 is 17.0 Å². The number of aromatic nitrogens is 4. The second kappa shape index (κ2) is 7.36. The molecule has 5 atom stereocenters. The molecule has 30 heavy (non-hydrogen) atoms. The molecule has 5 unspecified atom stereocenters. The molecule has 0 radical (unpaired) electrons. The maximum Gasteiger partial charge on any atom is 0.167 e. The number of hydrogen-bond acceptors (Lipinski definition) is 10. The van der Waals surface area contributed by atoms with E-state index in [1.54, 1.807) is 6.33 Å². The first-order valence-corrected chi connectivity index (χ1v) is 10.2. The van der Waals surface area contributed by atoms with Gasteiger partial charge < -0.3 is 35.1 Å². The Bertz CT molecular complexity index is 916. The van der Waals surface area contributed by atoms with Crippen molar-refractivity contribution in [2.75, 3.05) is 19.4 Å². The van der Waals surface area contributed by atoms with E-state index in [2.05, 4.69) is 20.3 Å². The number of hydrogen-bond donors (Lipinski definition) is 3. The van der Waals surface area contributed by atoms with Crippen LogP contribution in [0.25, 0.3) is 11.2 Å². The van der Waals surface area contributed by atoms with Crippen molar-refractivity contribution < 1.29 is 24.1 Å². The van der Waals surface area contributed by atoms with E-state index in [1.807, 2.05) is 18.4 Å². The number of nitrogens with zero attached hydrogens (tertiary/aromatic N) is 4. The Kier molecular flexibility index (Phi) is 4.92. The van der Waals surface area contributed by atoms with E-state index in [0.717, 1.165) is 12.8 Å². The smallest absolute Gasteiger partial charge is 0.167 e. The van der Waals surface area contributed by atoms with Gasteiger partial charge in [-0.3, -0.25) is 4.57 Å². The summed E-state index contributed by atoms with van der Waals surface area (Å²) in [6.45, 7) is 4.42. The third-order valence-corrected chi connectivity index (χ3v) is 6.21. The molecule has 4 heterocycles. The second-order valence-electron chi connectivity index (χ2n) is 8.68. The molecule has 2 aromatic heterocycles. The summed E-state index contributed by atoms with van der Waals surface area (Å²) in [6, 6.07) is 0.317. The SMILES string of the molecule is COC(O)C1CC(NCC2OC(n3cnc4c(N)ncnc43)C3OC(C)(C)OC23)C1. The number of aliphatic hydroxyl groups is 1. The van der Waals surface area contributed by atoms with Crippen LogP contribution in [-0.2, 0) is 18.9 Å². The third kappa shape index (κ3) is 3.35. The number of anilines is 1. The molecule has 3 aliphatic rings. The molecule has 0 spiro atoms. The van der Waals surface area contributed by atoms with Gasteiger partial charge in [-0.25, -0.2) is 15.0 Å². The molecule has 0 aromatic carbocycles. The average molecular weight is 420 g/mol. The van der Waals surface area contributed by atoms with Crippen LogP contribution < -0.4 is 11.1 Å². The van der Waals surface area contributed by atoms with Crippen molar-refractivity contribution in [2.24, 2.45) is 5.92 Å². The van der Waals surface area contributed by atoms with Crippen molar-refractivity contribution in [3.63, 3.8) is 0 Å². The summed E-state index contributed by atoms with van der Waals surface area (Å²) in [6.07, 6.45) is 2.94. The van der Waals surface area contributed by atoms with Gasteiger partial charge in [0.15, 0.2) is 29.8 Å². The molecule has 5 rings (SSSR count). The van der Waals surface area contributed by atoms with Crippen molar-refractivity contribution in [2.45, 2.75) is 69.3 Å². The summed E-state index contributed by atoms with van der Waals surface area (Å²) >= 11 is 0. The van der Waals surface area contributed by atoms with Gasteiger partial charge in [-0.2, -0.15) is 0 Å². The van der Waals surface area contributed by atoms with Crippen LogP contribution in [0.5, 0.6) is 0 Å². The van der Waals surface area contributed by atoms with Gasteiger partial charge in [0.25, 0.3) is 0 Å². The van der Waals surface area contributed by atoms with Crippen LogP contribution in [0.2, 0.25) is 0 Å². The minimum atomic E-state index is -0.704. The molecule has 11 nitrogen and oxygen atoms in total. The molecule has 1 saturated carbocycles. The van der Waals surface area contributed by atoms with Crippen LogP contribution in [-0.4, -0.2) is 74.7 Å². The zero-order valence-corrected chi connectivity index (χ0v) is 17.3. The Hall–Kier alpha value is -1.89. The number of aliphatic hydroxyl groups excluding tert-OH is 1. The summed E-state index contributed by atoms with van der Waals surface area (Å²) in [5, 5.41) is 13.3. The first kappa shape index (κ1) is 20.0. The van der Waals surface area contributed by atoms with E-state index >= 15 is 0 Å². The highest BCUT2D eigenvalue weighted by atomic mass is 16.8. The van der Waals surface area contributed by atoms with Crippen LogP contribution in [0, 0.1) is 5.92 Å². The van der Waals surface area contributed by atoms with Gasteiger partial charge >= 0.3 is 0 Å². The van der Waals surface area contributed by atoms with Gasteiger partial charge in [-0.1, -0.05) is 0 Å². The second-order valence-corrected chi connectivity index (χ2v) is 8.68. The fraction of sp³-hybridized carbons (Fsp3) is 0.737. The number of ether oxygens (including phenoxy) is 4. The predicted octanol–water partition coefficient (Wildman–Crippen LogP) is 0.159. The molecule has 1 aliphatic carbocycles. The van der Waals surface area contributed by atoms with Crippen molar-refractivity contribution in [3.8, 4) is 0 Å². The number of nitrogens with one attached hydrogen (secondary N) is 1. The summed E-state index contributed by atoms with van der Waals surface area (Å²) in [5.74, 6) is -0.206. The molecule has 2 saturated heterocycles. The van der Waals surface area contributed by atoms with Crippen molar-refractivity contribution in [3.05, 3.63) is 12.7 Å². The van der Waals surface area contributed by atoms with Crippen LogP contribution in [0.4, 0.5) is 5.82 Å². The fourth-order valence-corrected chi connectivity index (χ4v) is 4.64. The lowest BCUT2D eigenvalue weighted by Gasteiger charge is -2.38. The molecule has 4 N–H and O–H groups in total. The lowest BCUT2D eigenvalue weighted by atomic mass is 9.79. The zero-order chi connectivity index (χ0) is 21.0. The highest BCUT2D eigenvalue weighted by molar-refractivity contribution is 5.81. The van der Waals surface area contributed by atoms with E-state index in [1.165, 1.54) is 13.4 Å². The van der Waals surface area contributed by atoms with Crippen LogP contribution in [0.3, 0.4) is 0 Å². The van der Waals surface area contributed by atoms with E-state index in [-0.39, 0.29) is 24.2 Å². The number of methoxy groups -OCH3 is 1. The molecule has 3 fully saturated rings. The number of nitrogens with two attached hydrogens (primary N) is 1. The van der Waals surface area contributed by atoms with Gasteiger partial charge in [0.2, 0.25) is 0 Å². The Balaban J connectivity index is 1.31. The topological polar surface area (TPSA) is 139 Å². The number of fused-ring (bicyclic) bond motifs is 2. The summed E-state index contributed by atoms with van der Waals surface area (Å²) < 4.78 is 25.6. The van der Waals surface area contributed by atoms with E-state index in [4.69, 9.17) is 24.7 Å². The Morgan fingerprint density at radius 1 is 1.30 bits per heavy atom. The normalized spacial score (nSPS) is 36.0. The van der Waals surface area contributed by atoms with Gasteiger partial charge in [0, 0.05) is 25.6 Å². The first-order chi connectivity index (χ1) is 14.4. The van der Waals surface area contributed by atoms with Crippen LogP contribution in [0.15, 0.2) is 12.7 Å². The lowest BCUT2D eigenvalue weighted by molar-refractivity contribution is -0.196. The monoisotopic (exact) mass is 420 g/mol. The van der Waals surface area contributed by atoms with Gasteiger partial charge in [-0.05, 0) is 26.7 Å². The Labute approximate surface area is 173 Å². The van der Waals surface area contributed by atoms with Gasteiger partial charge in [-0.15, -0.1) is 0 Å². The maximum absolute atomic E-state index is 9.76. The number of rotatable bonds is 6. The highest BCUT2D eigenvalue weighted by Gasteiger charge is 2.56. The number of nitrogen functional groups attached to an aromatic ring is 1. The molecule has 0 bridgehead atoms. The minimum absolute atomic E-state index is 0.171. The zero-order valence-electron chi connectivity index (χ0n) is 17.3. The average Bonchev–Trinajstić information content (AvgIpc) is 3.32. The van der Waals surface area contributed by atoms with Crippen molar-refractivity contribution in [1.29, 1.82) is 0 Å². The molecular weight excluding hydrogens is 392 g/mol. The molecule has 0 amide bonds.